The smallest absolute Gasteiger partial charge is 0.230 e. The SMILES string of the molecule is Cc1ccc(C(C)C)cc1C(=O)C(=O)CCl. The maximum Gasteiger partial charge on any atom is 0.230 e. The van der Waals surface area contributed by atoms with Gasteiger partial charge in [0.1, 0.15) is 0 Å². The Labute approximate surface area is 101 Å². The van der Waals surface area contributed by atoms with Gasteiger partial charge in [0.15, 0.2) is 0 Å². The third-order valence-corrected chi connectivity index (χ3v) is 2.79. The van der Waals surface area contributed by atoms with Crippen LogP contribution in [-0.2, 0) is 4.79 Å². The van der Waals surface area contributed by atoms with Crippen LogP contribution < -0.4 is 0 Å². The number of halogens is 1. The largest absolute Gasteiger partial charge is 0.289 e. The van der Waals surface area contributed by atoms with E-state index in [2.05, 4.69) is 0 Å². The van der Waals surface area contributed by atoms with E-state index in [0.717, 1.165) is 11.1 Å². The van der Waals surface area contributed by atoms with E-state index in [0.29, 0.717) is 11.5 Å². The molecule has 0 heterocycles. The Hall–Kier alpha value is -1.15. The number of rotatable bonds is 4. The van der Waals surface area contributed by atoms with Crippen molar-refractivity contribution >= 4 is 23.2 Å². The van der Waals surface area contributed by atoms with Crippen LogP contribution in [0.5, 0.6) is 0 Å². The molecular weight excluding hydrogens is 224 g/mol. The molecule has 0 unspecified atom stereocenters. The summed E-state index contributed by atoms with van der Waals surface area (Å²) in [6.07, 6.45) is 0. The molecule has 1 rings (SSSR count). The zero-order valence-electron chi connectivity index (χ0n) is 9.71. The summed E-state index contributed by atoms with van der Waals surface area (Å²) >= 11 is 5.38. The molecule has 2 nitrogen and oxygen atoms in total. The lowest BCUT2D eigenvalue weighted by atomic mass is 9.95. The second-order valence-corrected chi connectivity index (χ2v) is 4.38. The van der Waals surface area contributed by atoms with E-state index in [1.165, 1.54) is 0 Å². The Balaban J connectivity index is 3.17. The Morgan fingerprint density at radius 1 is 1.31 bits per heavy atom. The number of carbonyl (C=O) groups is 2. The average molecular weight is 239 g/mol. The van der Waals surface area contributed by atoms with Gasteiger partial charge in [-0.1, -0.05) is 26.0 Å². The van der Waals surface area contributed by atoms with Gasteiger partial charge >= 0.3 is 0 Å². The Bertz CT molecular complexity index is 422. The predicted molar refractivity (Wildman–Crippen MR) is 65.3 cm³/mol. The van der Waals surface area contributed by atoms with Gasteiger partial charge in [-0.05, 0) is 30.0 Å². The third kappa shape index (κ3) is 2.70. The van der Waals surface area contributed by atoms with E-state index in [4.69, 9.17) is 11.6 Å². The van der Waals surface area contributed by atoms with Gasteiger partial charge in [0.25, 0.3) is 0 Å². The van der Waals surface area contributed by atoms with Crippen molar-refractivity contribution in [2.75, 3.05) is 5.88 Å². The van der Waals surface area contributed by atoms with Crippen LogP contribution in [0.3, 0.4) is 0 Å². The van der Waals surface area contributed by atoms with Crippen LogP contribution in [0.15, 0.2) is 18.2 Å². The van der Waals surface area contributed by atoms with Gasteiger partial charge in [-0.25, -0.2) is 0 Å². The number of benzene rings is 1. The molecule has 3 heteroatoms. The molecule has 0 atom stereocenters. The molecule has 0 radical (unpaired) electrons. The van der Waals surface area contributed by atoms with E-state index in [9.17, 15) is 9.59 Å². The third-order valence-electron chi connectivity index (χ3n) is 2.55. The summed E-state index contributed by atoms with van der Waals surface area (Å²) in [7, 11) is 0. The highest BCUT2D eigenvalue weighted by Crippen LogP contribution is 2.19. The fraction of sp³-hybridized carbons (Fsp3) is 0.385. The Kier molecular flexibility index (Phi) is 4.25. The fourth-order valence-corrected chi connectivity index (χ4v) is 1.58. The normalized spacial score (nSPS) is 10.6. The van der Waals surface area contributed by atoms with E-state index >= 15 is 0 Å². The maximum atomic E-state index is 11.7. The molecule has 0 aliphatic heterocycles. The second kappa shape index (κ2) is 5.26. The number of hydrogen-bond acceptors (Lipinski definition) is 2. The van der Waals surface area contributed by atoms with E-state index in [1.54, 1.807) is 6.07 Å². The topological polar surface area (TPSA) is 34.1 Å². The molecular formula is C13H15ClO2. The summed E-state index contributed by atoms with van der Waals surface area (Å²) in [5.41, 5.74) is 2.33. The van der Waals surface area contributed by atoms with Gasteiger partial charge in [0.05, 0.1) is 5.88 Å². The number of aryl methyl sites for hydroxylation is 1. The lowest BCUT2D eigenvalue weighted by Crippen LogP contribution is -2.16. The molecule has 0 saturated heterocycles. The zero-order valence-corrected chi connectivity index (χ0v) is 10.5. The van der Waals surface area contributed by atoms with Crippen LogP contribution in [0.25, 0.3) is 0 Å². The summed E-state index contributed by atoms with van der Waals surface area (Å²) in [6, 6.07) is 5.62. The van der Waals surface area contributed by atoms with Crippen molar-refractivity contribution < 1.29 is 9.59 Å². The van der Waals surface area contributed by atoms with Crippen LogP contribution in [0.4, 0.5) is 0 Å². The molecule has 1 aromatic carbocycles. The lowest BCUT2D eigenvalue weighted by Gasteiger charge is -2.09. The lowest BCUT2D eigenvalue weighted by molar-refractivity contribution is -0.112. The quantitative estimate of drug-likeness (QED) is 0.459. The molecule has 0 spiro atoms. The van der Waals surface area contributed by atoms with Crippen molar-refractivity contribution in [1.82, 2.24) is 0 Å². The molecule has 0 aliphatic rings. The highest BCUT2D eigenvalue weighted by atomic mass is 35.5. The fourth-order valence-electron chi connectivity index (χ4n) is 1.45. The van der Waals surface area contributed by atoms with Gasteiger partial charge in [-0.15, -0.1) is 11.6 Å². The standard InChI is InChI=1S/C13H15ClO2/c1-8(2)10-5-4-9(3)11(6-10)13(16)12(15)7-14/h4-6,8H,7H2,1-3H3. The summed E-state index contributed by atoms with van der Waals surface area (Å²) in [6.45, 7) is 5.91. The summed E-state index contributed by atoms with van der Waals surface area (Å²) in [5.74, 6) is -0.969. The summed E-state index contributed by atoms with van der Waals surface area (Å²) < 4.78 is 0. The Morgan fingerprint density at radius 3 is 2.44 bits per heavy atom. The second-order valence-electron chi connectivity index (χ2n) is 4.11. The minimum Gasteiger partial charge on any atom is -0.289 e. The van der Waals surface area contributed by atoms with Gasteiger partial charge in [0, 0.05) is 5.56 Å². The van der Waals surface area contributed by atoms with E-state index in [-0.39, 0.29) is 5.88 Å². The number of Topliss-reactive ketones (excluding diaryl/α,β-unsaturated/α-hetero) is 2. The molecule has 0 aromatic heterocycles. The summed E-state index contributed by atoms with van der Waals surface area (Å²) in [5, 5.41) is 0. The van der Waals surface area contributed by atoms with Crippen molar-refractivity contribution in [3.8, 4) is 0 Å². The van der Waals surface area contributed by atoms with Crippen molar-refractivity contribution in [2.24, 2.45) is 0 Å². The molecule has 16 heavy (non-hydrogen) atoms. The molecule has 0 N–H and O–H groups in total. The van der Waals surface area contributed by atoms with Crippen molar-refractivity contribution in [3.05, 3.63) is 34.9 Å². The number of alkyl halides is 1. The molecule has 0 saturated carbocycles. The molecule has 0 aliphatic carbocycles. The first-order valence-corrected chi connectivity index (χ1v) is 5.74. The molecule has 0 amide bonds. The van der Waals surface area contributed by atoms with Gasteiger partial charge in [-0.3, -0.25) is 9.59 Å². The van der Waals surface area contributed by atoms with E-state index < -0.39 is 11.6 Å². The van der Waals surface area contributed by atoms with Gasteiger partial charge in [0.2, 0.25) is 11.6 Å². The maximum absolute atomic E-state index is 11.7. The first kappa shape index (κ1) is 12.9. The highest BCUT2D eigenvalue weighted by Gasteiger charge is 2.17. The van der Waals surface area contributed by atoms with Crippen molar-refractivity contribution in [2.45, 2.75) is 26.7 Å². The minimum atomic E-state index is -0.550. The minimum absolute atomic E-state index is 0.260. The number of carbonyl (C=O) groups excluding carboxylic acids is 2. The van der Waals surface area contributed by atoms with Crippen LogP contribution in [-0.4, -0.2) is 17.4 Å². The van der Waals surface area contributed by atoms with Crippen LogP contribution in [0.1, 0.15) is 41.3 Å². The zero-order chi connectivity index (χ0) is 12.3. The van der Waals surface area contributed by atoms with Gasteiger partial charge in [-0.2, -0.15) is 0 Å². The predicted octanol–water partition coefficient (Wildman–Crippen LogP) is 3.11. The number of ketones is 2. The highest BCUT2D eigenvalue weighted by molar-refractivity contribution is 6.51. The van der Waals surface area contributed by atoms with Crippen molar-refractivity contribution in [1.29, 1.82) is 0 Å². The molecule has 86 valence electrons. The number of hydrogen-bond donors (Lipinski definition) is 0. The Morgan fingerprint density at radius 2 is 1.94 bits per heavy atom. The monoisotopic (exact) mass is 238 g/mol. The van der Waals surface area contributed by atoms with Crippen molar-refractivity contribution in [3.63, 3.8) is 0 Å². The van der Waals surface area contributed by atoms with Crippen LogP contribution in [0, 0.1) is 6.92 Å². The van der Waals surface area contributed by atoms with Gasteiger partial charge < -0.3 is 0 Å². The molecule has 0 fully saturated rings. The van der Waals surface area contributed by atoms with Crippen LogP contribution in [0.2, 0.25) is 0 Å². The summed E-state index contributed by atoms with van der Waals surface area (Å²) in [4.78, 5) is 23.0. The molecule has 1 aromatic rings. The molecule has 0 bridgehead atoms. The average Bonchev–Trinajstić information content (AvgIpc) is 2.27. The first-order valence-electron chi connectivity index (χ1n) is 5.21. The van der Waals surface area contributed by atoms with Crippen LogP contribution >= 0.6 is 11.6 Å². The first-order chi connectivity index (χ1) is 7.47. The van der Waals surface area contributed by atoms with E-state index in [1.807, 2.05) is 32.9 Å².